The maximum absolute atomic E-state index is 2.43. The molecule has 1 fully saturated rings. The quantitative estimate of drug-likeness (QED) is 0.475. The van der Waals surface area contributed by atoms with Crippen molar-refractivity contribution in [2.75, 3.05) is 37.7 Å². The molecular weight excluding hydrogens is 118 g/mol. The molecule has 1 aliphatic rings. The van der Waals surface area contributed by atoms with Gasteiger partial charge in [-0.2, -0.15) is 0 Å². The molecule has 8 heavy (non-hydrogen) atoms. The van der Waals surface area contributed by atoms with Crippen LogP contribution in [0, 0.1) is 0 Å². The van der Waals surface area contributed by atoms with E-state index < -0.39 is 0 Å². The molecule has 0 aromatic carbocycles. The molecule has 0 saturated carbocycles. The van der Waals surface area contributed by atoms with Gasteiger partial charge in [0, 0.05) is 12.4 Å². The molecule has 0 amide bonds. The fourth-order valence-electron chi connectivity index (χ4n) is 1.13. The molecule has 1 nitrogen and oxygen atoms in total. The van der Waals surface area contributed by atoms with Gasteiger partial charge in [0.05, 0.1) is 0 Å². The molecule has 0 aromatic heterocycles. The van der Waals surface area contributed by atoms with Crippen molar-refractivity contribution in [3.63, 3.8) is 0 Å². The van der Waals surface area contributed by atoms with E-state index in [2.05, 4.69) is 24.5 Å². The second-order valence-electron chi connectivity index (χ2n) is 3.18. The summed E-state index contributed by atoms with van der Waals surface area (Å²) in [7, 11) is 2.04. The first-order valence-electron chi connectivity index (χ1n) is 2.97. The van der Waals surface area contributed by atoms with E-state index in [1.54, 1.807) is 0 Å². The molecule has 1 heterocycles. The Labute approximate surface area is 53.4 Å². The van der Waals surface area contributed by atoms with E-state index in [9.17, 15) is 0 Å². The smallest absolute Gasteiger partial charge is 0.0283 e. The lowest BCUT2D eigenvalue weighted by Crippen LogP contribution is -2.12. The van der Waals surface area contributed by atoms with E-state index in [1.165, 1.54) is 18.2 Å². The molecule has 50 valence electrons. The fraction of sp³-hybridized carbons (Fsp3) is 1.00. The minimum Gasteiger partial charge on any atom is -0.298 e. The first-order valence-corrected chi connectivity index (χ1v) is 5.76. The predicted molar refractivity (Wildman–Crippen MR) is 41.8 cm³/mol. The molecule has 0 spiro atoms. The van der Waals surface area contributed by atoms with Crippen molar-refractivity contribution in [2.24, 2.45) is 0 Å². The Kier molecular flexibility index (Phi) is 1.54. The highest BCUT2D eigenvalue weighted by atomic mass is 32.3. The molecule has 1 saturated heterocycles. The lowest BCUT2D eigenvalue weighted by atomic mass is 10.7. The lowest BCUT2D eigenvalue weighted by molar-refractivity contribution is 0.438. The highest BCUT2D eigenvalue weighted by molar-refractivity contribution is 8.32. The third kappa shape index (κ3) is 1.39. The first-order chi connectivity index (χ1) is 3.60. The molecule has 0 unspecified atom stereocenters. The molecule has 2 heteroatoms. The summed E-state index contributed by atoms with van der Waals surface area (Å²) in [5.41, 5.74) is 0. The van der Waals surface area contributed by atoms with Crippen LogP contribution in [-0.4, -0.2) is 42.6 Å². The normalized spacial score (nSPS) is 32.9. The number of nitrogens with zero attached hydrogens (tertiary/aromatic N) is 1. The van der Waals surface area contributed by atoms with Crippen LogP contribution in [0.25, 0.3) is 0 Å². The monoisotopic (exact) mass is 133 g/mol. The van der Waals surface area contributed by atoms with E-state index >= 15 is 0 Å². The Hall–Kier alpha value is 0.310. The van der Waals surface area contributed by atoms with Crippen molar-refractivity contribution in [2.45, 2.75) is 0 Å². The van der Waals surface area contributed by atoms with Gasteiger partial charge in [-0.15, -0.1) is 0 Å². The van der Waals surface area contributed by atoms with Gasteiger partial charge in [0.15, 0.2) is 0 Å². The molecule has 0 bridgehead atoms. The minimum absolute atomic E-state index is 0.170. The summed E-state index contributed by atoms with van der Waals surface area (Å²) in [6, 6.07) is 0. The SMILES string of the molecule is CN1CCS(C)(C)C1. The third-order valence-corrected chi connectivity index (χ3v) is 4.02. The Balaban J connectivity index is 2.44. The van der Waals surface area contributed by atoms with Gasteiger partial charge in [0.25, 0.3) is 0 Å². The molecule has 1 rings (SSSR count). The Bertz CT molecular complexity index is 90.5. The molecule has 1 aliphatic heterocycles. The van der Waals surface area contributed by atoms with Crippen LogP contribution in [0.2, 0.25) is 0 Å². The largest absolute Gasteiger partial charge is 0.298 e. The van der Waals surface area contributed by atoms with Gasteiger partial charge < -0.3 is 0 Å². The molecule has 0 aromatic rings. The van der Waals surface area contributed by atoms with Gasteiger partial charge in [0.2, 0.25) is 0 Å². The van der Waals surface area contributed by atoms with Crippen molar-refractivity contribution in [3.8, 4) is 0 Å². The maximum Gasteiger partial charge on any atom is 0.0283 e. The zero-order chi connectivity index (χ0) is 6.20. The van der Waals surface area contributed by atoms with E-state index in [-0.39, 0.29) is 10.0 Å². The summed E-state index contributed by atoms with van der Waals surface area (Å²) in [4.78, 5) is 2.43. The van der Waals surface area contributed by atoms with Crippen molar-refractivity contribution in [1.29, 1.82) is 0 Å². The highest BCUT2D eigenvalue weighted by Crippen LogP contribution is 2.43. The van der Waals surface area contributed by atoms with Gasteiger partial charge in [-0.1, -0.05) is 0 Å². The maximum atomic E-state index is 2.43. The van der Waals surface area contributed by atoms with Crippen LogP contribution in [0.1, 0.15) is 0 Å². The lowest BCUT2D eigenvalue weighted by Gasteiger charge is -2.23. The van der Waals surface area contributed by atoms with Gasteiger partial charge in [0.1, 0.15) is 0 Å². The highest BCUT2D eigenvalue weighted by Gasteiger charge is 2.21. The summed E-state index contributed by atoms with van der Waals surface area (Å²) in [6.45, 7) is 1.32. The van der Waals surface area contributed by atoms with Gasteiger partial charge >= 0.3 is 0 Å². The number of hydrogen-bond donors (Lipinski definition) is 0. The molecule has 0 radical (unpaired) electrons. The van der Waals surface area contributed by atoms with E-state index in [4.69, 9.17) is 0 Å². The van der Waals surface area contributed by atoms with E-state index in [0.29, 0.717) is 0 Å². The van der Waals surface area contributed by atoms with E-state index in [0.717, 1.165) is 0 Å². The second-order valence-corrected chi connectivity index (χ2v) is 7.38. The van der Waals surface area contributed by atoms with Crippen molar-refractivity contribution < 1.29 is 0 Å². The number of hydrogen-bond acceptors (Lipinski definition) is 1. The van der Waals surface area contributed by atoms with Crippen LogP contribution in [0.5, 0.6) is 0 Å². The van der Waals surface area contributed by atoms with Crippen molar-refractivity contribution in [3.05, 3.63) is 0 Å². The Morgan fingerprint density at radius 3 is 2.12 bits per heavy atom. The van der Waals surface area contributed by atoms with Crippen LogP contribution in [0.4, 0.5) is 0 Å². The molecule has 0 aliphatic carbocycles. The van der Waals surface area contributed by atoms with Crippen LogP contribution in [0.15, 0.2) is 0 Å². The Morgan fingerprint density at radius 1 is 1.38 bits per heavy atom. The van der Waals surface area contributed by atoms with Gasteiger partial charge in [-0.25, -0.2) is 10.0 Å². The Morgan fingerprint density at radius 2 is 2.00 bits per heavy atom. The fourth-order valence-corrected chi connectivity index (χ4v) is 3.39. The summed E-state index contributed by atoms with van der Waals surface area (Å²) >= 11 is 0. The van der Waals surface area contributed by atoms with Crippen LogP contribution >= 0.6 is 10.0 Å². The van der Waals surface area contributed by atoms with Crippen molar-refractivity contribution in [1.82, 2.24) is 4.90 Å². The van der Waals surface area contributed by atoms with Crippen molar-refractivity contribution >= 4 is 10.0 Å². The summed E-state index contributed by atoms with van der Waals surface area (Å²) < 4.78 is 0. The predicted octanol–water partition coefficient (Wildman–Crippen LogP) is 0.953. The first kappa shape index (κ1) is 6.43. The minimum atomic E-state index is -0.170. The summed E-state index contributed by atoms with van der Waals surface area (Å²) in [5, 5.41) is 0. The average molecular weight is 133 g/mol. The van der Waals surface area contributed by atoms with Gasteiger partial charge in [-0.05, 0) is 25.3 Å². The second kappa shape index (κ2) is 1.92. The van der Waals surface area contributed by atoms with Crippen LogP contribution < -0.4 is 0 Å². The molecular formula is C6H15NS. The summed E-state index contributed by atoms with van der Waals surface area (Å²) in [6.07, 6.45) is 4.83. The van der Waals surface area contributed by atoms with E-state index in [1.807, 2.05) is 0 Å². The molecule has 0 N–H and O–H groups in total. The van der Waals surface area contributed by atoms with Crippen LogP contribution in [0.3, 0.4) is 0 Å². The van der Waals surface area contributed by atoms with Gasteiger partial charge in [-0.3, -0.25) is 4.90 Å². The topological polar surface area (TPSA) is 3.24 Å². The zero-order valence-corrected chi connectivity index (χ0v) is 6.79. The summed E-state index contributed by atoms with van der Waals surface area (Å²) in [5.74, 6) is 2.80. The van der Waals surface area contributed by atoms with Crippen LogP contribution in [-0.2, 0) is 0 Å². The third-order valence-electron chi connectivity index (χ3n) is 1.60. The number of rotatable bonds is 0. The average Bonchev–Trinajstić information content (AvgIpc) is 1.82. The molecule has 0 atom stereocenters. The standard InChI is InChI=1S/C6H15NS/c1-7-4-5-8(2,3)6-7/h4-6H2,1-3H3. The zero-order valence-electron chi connectivity index (χ0n) is 5.98.